The van der Waals surface area contributed by atoms with E-state index < -0.39 is 11.9 Å². The Balaban J connectivity index is 1.44. The summed E-state index contributed by atoms with van der Waals surface area (Å²) in [6.45, 7) is 24.2. The predicted molar refractivity (Wildman–Crippen MR) is 182 cm³/mol. The van der Waals surface area contributed by atoms with Crippen molar-refractivity contribution >= 4 is 11.9 Å². The van der Waals surface area contributed by atoms with Gasteiger partial charge in [-0.3, -0.25) is 4.79 Å². The Bertz CT molecular complexity index is 1410. The average molecular weight is 655 g/mol. The van der Waals surface area contributed by atoms with Gasteiger partial charge in [-0.2, -0.15) is 4.80 Å². The number of ether oxygens (including phenoxy) is 2. The van der Waals surface area contributed by atoms with E-state index in [4.69, 9.17) is 20.9 Å². The molecule has 0 spiro atoms. The molecule has 10 heteroatoms. The third-order valence-corrected chi connectivity index (χ3v) is 15.4. The molecule has 0 radical (unpaired) electrons. The van der Waals surface area contributed by atoms with Gasteiger partial charge in [0.1, 0.15) is 6.04 Å². The number of aromatic nitrogens is 4. The van der Waals surface area contributed by atoms with Gasteiger partial charge in [0.2, 0.25) is 0 Å². The second kappa shape index (κ2) is 11.2. The Morgan fingerprint density at radius 2 is 1.83 bits per heavy atom. The maximum absolute atomic E-state index is 13.4. The Labute approximate surface area is 282 Å². The topological polar surface area (TPSA) is 151 Å². The molecular formula is C37H62N6O4. The van der Waals surface area contributed by atoms with Crippen LogP contribution in [0.2, 0.25) is 0 Å². The summed E-state index contributed by atoms with van der Waals surface area (Å²) in [5.41, 5.74) is 12.7. The number of rotatable bonds is 7. The lowest BCUT2D eigenvalue weighted by molar-refractivity contribution is -0.252. The number of nitrogen functional groups attached to an aromatic ring is 1. The largest absolute Gasteiger partial charge is 0.481 e. The second-order valence-corrected chi connectivity index (χ2v) is 18.8. The second-order valence-electron chi connectivity index (χ2n) is 18.8. The van der Waals surface area contributed by atoms with E-state index in [9.17, 15) is 9.90 Å². The molecule has 1 saturated heterocycles. The van der Waals surface area contributed by atoms with Crippen molar-refractivity contribution in [3.8, 4) is 0 Å². The van der Waals surface area contributed by atoms with Crippen molar-refractivity contribution < 1.29 is 19.4 Å². The van der Waals surface area contributed by atoms with E-state index in [-0.39, 0.29) is 62.5 Å². The van der Waals surface area contributed by atoms with E-state index >= 15 is 0 Å². The van der Waals surface area contributed by atoms with E-state index in [1.165, 1.54) is 5.57 Å². The summed E-state index contributed by atoms with van der Waals surface area (Å²) in [5, 5.41) is 24.1. The minimum Gasteiger partial charge on any atom is -0.481 e. The van der Waals surface area contributed by atoms with Gasteiger partial charge in [-0.1, -0.05) is 86.0 Å². The highest BCUT2D eigenvalue weighted by atomic mass is 16.5. The number of hydrogen-bond donors (Lipinski definition) is 3. The fourth-order valence-electron chi connectivity index (χ4n) is 11.9. The minimum atomic E-state index is -0.633. The van der Waals surface area contributed by atoms with Crippen molar-refractivity contribution in [2.24, 2.45) is 67.8 Å². The van der Waals surface area contributed by atoms with Gasteiger partial charge >= 0.3 is 5.97 Å². The molecule has 1 aliphatic heterocycles. The summed E-state index contributed by atoms with van der Waals surface area (Å²) in [6, 6.07) is -0.324. The number of anilines is 1. The molecule has 264 valence electrons. The Morgan fingerprint density at radius 1 is 1.13 bits per heavy atom. The highest BCUT2D eigenvalue weighted by Crippen LogP contribution is 2.75. The fourth-order valence-corrected chi connectivity index (χ4v) is 11.9. The number of nitrogens with zero attached hydrogens (tertiary/aromatic N) is 4. The number of hydrogen-bond acceptors (Lipinski definition) is 8. The molecule has 3 saturated carbocycles. The van der Waals surface area contributed by atoms with Crippen LogP contribution in [0, 0.1) is 62.1 Å². The van der Waals surface area contributed by atoms with Gasteiger partial charge in [-0.05, 0) is 89.1 Å². The fraction of sp³-hybridized carbons (Fsp3) is 0.892. The third kappa shape index (κ3) is 4.88. The smallest absolute Gasteiger partial charge is 0.307 e. The monoisotopic (exact) mass is 654 g/mol. The summed E-state index contributed by atoms with van der Waals surface area (Å²) < 4.78 is 13.5. The van der Waals surface area contributed by atoms with E-state index in [0.29, 0.717) is 37.6 Å². The molecule has 4 aliphatic carbocycles. The first kappa shape index (κ1) is 34.8. The first-order valence-electron chi connectivity index (χ1n) is 18.2. The molecule has 0 unspecified atom stereocenters. The van der Waals surface area contributed by atoms with Crippen LogP contribution in [-0.2, 0) is 14.3 Å². The number of aliphatic carboxylic acids is 1. The molecule has 5 N–H and O–H groups in total. The molecule has 12 atom stereocenters. The van der Waals surface area contributed by atoms with Crippen LogP contribution in [0.15, 0.2) is 11.6 Å². The van der Waals surface area contributed by atoms with Gasteiger partial charge in [0.05, 0.1) is 31.8 Å². The van der Waals surface area contributed by atoms with Crippen molar-refractivity contribution in [2.75, 3.05) is 25.6 Å². The normalized spacial score (nSPS) is 44.5. The Kier molecular flexibility index (Phi) is 8.32. The molecular weight excluding hydrogens is 592 g/mol. The van der Waals surface area contributed by atoms with Crippen LogP contribution in [0.25, 0.3) is 0 Å². The van der Waals surface area contributed by atoms with Crippen molar-refractivity contribution in [1.82, 2.24) is 20.2 Å². The average Bonchev–Trinajstić information content (AvgIpc) is 3.41. The van der Waals surface area contributed by atoms with E-state index in [1.807, 2.05) is 0 Å². The highest BCUT2D eigenvalue weighted by molar-refractivity contribution is 5.73. The van der Waals surface area contributed by atoms with Crippen LogP contribution in [0.1, 0.15) is 114 Å². The molecule has 5 aliphatic rings. The lowest BCUT2D eigenvalue weighted by Gasteiger charge is -2.71. The van der Waals surface area contributed by atoms with Crippen LogP contribution >= 0.6 is 0 Å². The quantitative estimate of drug-likeness (QED) is 0.294. The standard InChI is InChI=1S/C37H62N6O4/c1-21(2)22(3)33(7)15-16-35(9)23-11-12-26-34(8)19-46-20-37(26,24(23)13-14-36(35,10)28(33)30(44)45)17-25(43-41-31(39)40-42-43)29(34)47-18-27(38)32(4,5)6/h13,21-23,25-29H,11-12,14-20,38H2,1-10H3,(H2,39,41)(H,44,45)/t22-,23+,25-,26+,27-,28-,29+,33-,34-,35-,36+,37+/m1/s1. The summed E-state index contributed by atoms with van der Waals surface area (Å²) in [6.07, 6.45) is 7.84. The van der Waals surface area contributed by atoms with Crippen molar-refractivity contribution in [3.63, 3.8) is 0 Å². The van der Waals surface area contributed by atoms with Crippen LogP contribution in [0.5, 0.6) is 0 Å². The number of carbonyl (C=O) groups is 1. The number of carboxylic acids is 1. The first-order valence-corrected chi connectivity index (χ1v) is 18.2. The maximum atomic E-state index is 13.4. The van der Waals surface area contributed by atoms with Gasteiger partial charge in [-0.25, -0.2) is 0 Å². The van der Waals surface area contributed by atoms with E-state index in [2.05, 4.69) is 90.7 Å². The van der Waals surface area contributed by atoms with Gasteiger partial charge in [0.25, 0.3) is 5.95 Å². The van der Waals surface area contributed by atoms with Gasteiger partial charge < -0.3 is 26.0 Å². The molecule has 1 aromatic heterocycles. The van der Waals surface area contributed by atoms with Crippen LogP contribution in [0.3, 0.4) is 0 Å². The van der Waals surface area contributed by atoms with Crippen molar-refractivity contribution in [3.05, 3.63) is 11.6 Å². The number of tetrazole rings is 1. The molecule has 0 amide bonds. The van der Waals surface area contributed by atoms with E-state index in [1.54, 1.807) is 4.80 Å². The Hall–Kier alpha value is -2.04. The lowest BCUT2D eigenvalue weighted by atomic mass is 9.34. The van der Waals surface area contributed by atoms with Crippen LogP contribution in [-0.4, -0.2) is 63.2 Å². The van der Waals surface area contributed by atoms with Gasteiger partial charge in [0.15, 0.2) is 0 Å². The Morgan fingerprint density at radius 3 is 2.43 bits per heavy atom. The molecule has 10 nitrogen and oxygen atoms in total. The van der Waals surface area contributed by atoms with Crippen LogP contribution in [0.4, 0.5) is 5.95 Å². The zero-order valence-corrected chi connectivity index (χ0v) is 30.7. The lowest BCUT2D eigenvalue weighted by Crippen LogP contribution is -2.69. The molecule has 47 heavy (non-hydrogen) atoms. The molecule has 4 fully saturated rings. The molecule has 2 heterocycles. The summed E-state index contributed by atoms with van der Waals surface area (Å²) >= 11 is 0. The van der Waals surface area contributed by atoms with Crippen LogP contribution < -0.4 is 11.5 Å². The molecule has 6 rings (SSSR count). The summed E-state index contributed by atoms with van der Waals surface area (Å²) in [7, 11) is 0. The SMILES string of the molecule is CC(C)[C@@H](C)[C@@]1(C)CC[C@]2(C)[C@H]3CC[C@@H]4[C@@]5(COC[C@@]4(C)[C@@H](OC[C@@H](N)C(C)(C)C)[C@H](n4nnc(N)n4)C5)C3=CC[C@@]2(C)[C@@H]1C(=O)O. The predicted octanol–water partition coefficient (Wildman–Crippen LogP) is 6.14. The van der Waals surface area contributed by atoms with Crippen molar-refractivity contribution in [1.29, 1.82) is 0 Å². The zero-order valence-electron chi connectivity index (χ0n) is 30.7. The number of nitrogens with two attached hydrogens (primary N) is 2. The van der Waals surface area contributed by atoms with Gasteiger partial charge in [-0.15, -0.1) is 5.10 Å². The first-order chi connectivity index (χ1) is 21.8. The summed E-state index contributed by atoms with van der Waals surface area (Å²) in [5.74, 6) is 0.459. The van der Waals surface area contributed by atoms with E-state index in [0.717, 1.165) is 38.5 Å². The third-order valence-electron chi connectivity index (χ3n) is 15.4. The number of allylic oxidation sites excluding steroid dienone is 1. The molecule has 0 aromatic carbocycles. The number of carboxylic acid groups (broad SMARTS) is 1. The molecule has 2 bridgehead atoms. The highest BCUT2D eigenvalue weighted by Gasteiger charge is 2.72. The van der Waals surface area contributed by atoms with Crippen molar-refractivity contribution in [2.45, 2.75) is 126 Å². The maximum Gasteiger partial charge on any atom is 0.307 e. The molecule has 1 aromatic rings. The minimum absolute atomic E-state index is 0.0995. The number of fused-ring (bicyclic) bond motifs is 3. The zero-order chi connectivity index (χ0) is 34.5. The van der Waals surface area contributed by atoms with Gasteiger partial charge in [0, 0.05) is 16.9 Å². The summed E-state index contributed by atoms with van der Waals surface area (Å²) in [4.78, 5) is 15.1.